The van der Waals surface area contributed by atoms with Crippen molar-refractivity contribution in [2.45, 2.75) is 45.3 Å². The van der Waals surface area contributed by atoms with Gasteiger partial charge in [-0.15, -0.1) is 0 Å². The Hall–Kier alpha value is -1.00. The maximum Gasteiger partial charge on any atom is 0.126 e. The van der Waals surface area contributed by atoms with Gasteiger partial charge in [0.05, 0.1) is 11.6 Å². The fraction of sp³-hybridized carbons (Fsp3) is 0.600. The van der Waals surface area contributed by atoms with E-state index in [0.717, 1.165) is 25.5 Å². The van der Waals surface area contributed by atoms with Crippen molar-refractivity contribution in [1.82, 2.24) is 5.32 Å². The fourth-order valence-electron chi connectivity index (χ4n) is 2.18. The monoisotopic (exact) mass is 271 g/mol. The van der Waals surface area contributed by atoms with Gasteiger partial charge in [0.2, 0.25) is 0 Å². The van der Waals surface area contributed by atoms with Crippen molar-refractivity contribution in [3.05, 3.63) is 35.4 Å². The Bertz CT molecular complexity index is 385. The SMILES string of the molecule is CCCNC(c1cc(F)cc(F)c1)C(C)(CC)OC. The summed E-state index contributed by atoms with van der Waals surface area (Å²) in [5.74, 6) is -1.12. The molecule has 0 heterocycles. The topological polar surface area (TPSA) is 21.3 Å². The molecule has 0 aromatic heterocycles. The van der Waals surface area contributed by atoms with Gasteiger partial charge in [-0.25, -0.2) is 8.78 Å². The van der Waals surface area contributed by atoms with Crippen LogP contribution in [-0.2, 0) is 4.74 Å². The first kappa shape index (κ1) is 16.1. The zero-order valence-electron chi connectivity index (χ0n) is 12.1. The minimum absolute atomic E-state index is 0.243. The highest BCUT2D eigenvalue weighted by molar-refractivity contribution is 5.24. The molecule has 1 aromatic rings. The third-order valence-corrected chi connectivity index (χ3v) is 3.60. The lowest BCUT2D eigenvalue weighted by molar-refractivity contribution is -0.0300. The summed E-state index contributed by atoms with van der Waals surface area (Å²) >= 11 is 0. The molecule has 0 amide bonds. The van der Waals surface area contributed by atoms with Crippen LogP contribution >= 0.6 is 0 Å². The molecule has 2 nitrogen and oxygen atoms in total. The van der Waals surface area contributed by atoms with E-state index in [1.54, 1.807) is 7.11 Å². The van der Waals surface area contributed by atoms with E-state index >= 15 is 0 Å². The molecular weight excluding hydrogens is 248 g/mol. The predicted molar refractivity (Wildman–Crippen MR) is 73.1 cm³/mol. The van der Waals surface area contributed by atoms with Crippen LogP contribution in [0, 0.1) is 11.6 Å². The van der Waals surface area contributed by atoms with E-state index in [4.69, 9.17) is 4.74 Å². The maximum absolute atomic E-state index is 13.4. The van der Waals surface area contributed by atoms with Crippen molar-refractivity contribution in [2.24, 2.45) is 0 Å². The highest BCUT2D eigenvalue weighted by Crippen LogP contribution is 2.32. The quantitative estimate of drug-likeness (QED) is 0.814. The van der Waals surface area contributed by atoms with Gasteiger partial charge in [-0.2, -0.15) is 0 Å². The first-order valence-electron chi connectivity index (χ1n) is 6.71. The van der Waals surface area contributed by atoms with Crippen LogP contribution in [0.1, 0.15) is 45.2 Å². The van der Waals surface area contributed by atoms with Crippen molar-refractivity contribution >= 4 is 0 Å². The van der Waals surface area contributed by atoms with Crippen LogP contribution in [0.15, 0.2) is 18.2 Å². The van der Waals surface area contributed by atoms with Crippen molar-refractivity contribution in [3.8, 4) is 0 Å². The number of hydrogen-bond donors (Lipinski definition) is 1. The smallest absolute Gasteiger partial charge is 0.126 e. The molecule has 1 rings (SSSR count). The summed E-state index contributed by atoms with van der Waals surface area (Å²) in [5, 5.41) is 3.32. The third kappa shape index (κ3) is 3.98. The zero-order chi connectivity index (χ0) is 14.5. The van der Waals surface area contributed by atoms with Gasteiger partial charge in [0.25, 0.3) is 0 Å². The molecule has 0 aliphatic rings. The second-order valence-corrected chi connectivity index (χ2v) is 4.96. The van der Waals surface area contributed by atoms with Crippen molar-refractivity contribution < 1.29 is 13.5 Å². The highest BCUT2D eigenvalue weighted by atomic mass is 19.1. The first-order chi connectivity index (χ1) is 8.96. The normalized spacial score (nSPS) is 16.1. The standard InChI is InChI=1S/C15H23F2NO/c1-5-7-18-14(15(3,6-2)19-4)11-8-12(16)10-13(17)9-11/h8-10,14,18H,5-7H2,1-4H3. The Kier molecular flexibility index (Phi) is 5.88. The van der Waals surface area contributed by atoms with Crippen molar-refractivity contribution in [2.75, 3.05) is 13.7 Å². The van der Waals surface area contributed by atoms with Gasteiger partial charge < -0.3 is 10.1 Å². The molecule has 2 unspecified atom stereocenters. The zero-order valence-corrected chi connectivity index (χ0v) is 12.1. The molecule has 108 valence electrons. The molecule has 0 fully saturated rings. The number of nitrogens with one attached hydrogen (secondary N) is 1. The molecule has 0 radical (unpaired) electrons. The molecule has 19 heavy (non-hydrogen) atoms. The van der Waals surface area contributed by atoms with Crippen LogP contribution in [0.4, 0.5) is 8.78 Å². The van der Waals surface area contributed by atoms with Crippen LogP contribution in [-0.4, -0.2) is 19.3 Å². The summed E-state index contributed by atoms with van der Waals surface area (Å²) in [6.45, 7) is 6.76. The molecular formula is C15H23F2NO. The van der Waals surface area contributed by atoms with Gasteiger partial charge in [0.15, 0.2) is 0 Å². The van der Waals surface area contributed by atoms with Crippen LogP contribution in [0.2, 0.25) is 0 Å². The minimum atomic E-state index is -0.562. The molecule has 0 aliphatic carbocycles. The van der Waals surface area contributed by atoms with Gasteiger partial charge >= 0.3 is 0 Å². The second-order valence-electron chi connectivity index (χ2n) is 4.96. The fourth-order valence-corrected chi connectivity index (χ4v) is 2.18. The molecule has 0 aliphatic heterocycles. The van der Waals surface area contributed by atoms with Crippen LogP contribution < -0.4 is 5.32 Å². The van der Waals surface area contributed by atoms with Gasteiger partial charge in [0, 0.05) is 13.2 Å². The van der Waals surface area contributed by atoms with E-state index in [2.05, 4.69) is 5.32 Å². The van der Waals surface area contributed by atoms with Crippen LogP contribution in [0.5, 0.6) is 0 Å². The van der Waals surface area contributed by atoms with E-state index in [1.807, 2.05) is 20.8 Å². The molecule has 2 atom stereocenters. The summed E-state index contributed by atoms with van der Waals surface area (Å²) < 4.78 is 32.4. The summed E-state index contributed by atoms with van der Waals surface area (Å²) in [6.07, 6.45) is 1.68. The lowest BCUT2D eigenvalue weighted by Crippen LogP contribution is -2.43. The molecule has 0 saturated heterocycles. The Morgan fingerprint density at radius 2 is 1.79 bits per heavy atom. The van der Waals surface area contributed by atoms with E-state index < -0.39 is 17.2 Å². The Balaban J connectivity index is 3.14. The molecule has 4 heteroatoms. The number of ether oxygens (including phenoxy) is 1. The maximum atomic E-state index is 13.4. The Morgan fingerprint density at radius 1 is 1.21 bits per heavy atom. The summed E-state index contributed by atoms with van der Waals surface area (Å²) in [6, 6.07) is 3.37. The number of rotatable bonds is 7. The number of methoxy groups -OCH3 is 1. The molecule has 0 saturated carbocycles. The molecule has 0 spiro atoms. The van der Waals surface area contributed by atoms with Crippen LogP contribution in [0.25, 0.3) is 0 Å². The highest BCUT2D eigenvalue weighted by Gasteiger charge is 2.33. The Labute approximate surface area is 114 Å². The molecule has 1 aromatic carbocycles. The van der Waals surface area contributed by atoms with Gasteiger partial charge in [-0.05, 0) is 44.0 Å². The molecule has 0 bridgehead atoms. The van der Waals surface area contributed by atoms with E-state index in [1.165, 1.54) is 12.1 Å². The lowest BCUT2D eigenvalue weighted by atomic mass is 9.87. The van der Waals surface area contributed by atoms with Gasteiger partial charge in [0.1, 0.15) is 11.6 Å². The van der Waals surface area contributed by atoms with Crippen molar-refractivity contribution in [3.63, 3.8) is 0 Å². The summed E-state index contributed by atoms with van der Waals surface area (Å²) in [7, 11) is 1.62. The van der Waals surface area contributed by atoms with E-state index in [-0.39, 0.29) is 6.04 Å². The Morgan fingerprint density at radius 3 is 2.21 bits per heavy atom. The lowest BCUT2D eigenvalue weighted by Gasteiger charge is -2.37. The average Bonchev–Trinajstić information content (AvgIpc) is 2.37. The van der Waals surface area contributed by atoms with E-state index in [0.29, 0.717) is 5.56 Å². The third-order valence-electron chi connectivity index (χ3n) is 3.60. The van der Waals surface area contributed by atoms with Gasteiger partial charge in [-0.3, -0.25) is 0 Å². The van der Waals surface area contributed by atoms with Gasteiger partial charge in [-0.1, -0.05) is 13.8 Å². The second kappa shape index (κ2) is 6.96. The number of hydrogen-bond acceptors (Lipinski definition) is 2. The molecule has 1 N–H and O–H groups in total. The van der Waals surface area contributed by atoms with Crippen LogP contribution in [0.3, 0.4) is 0 Å². The van der Waals surface area contributed by atoms with E-state index in [9.17, 15) is 8.78 Å². The largest absolute Gasteiger partial charge is 0.377 e. The summed E-state index contributed by atoms with van der Waals surface area (Å²) in [5.41, 5.74) is 0.0761. The number of benzene rings is 1. The predicted octanol–water partition coefficient (Wildman–Crippen LogP) is 3.82. The van der Waals surface area contributed by atoms with Crippen molar-refractivity contribution in [1.29, 1.82) is 0 Å². The average molecular weight is 271 g/mol. The first-order valence-corrected chi connectivity index (χ1v) is 6.71. The summed E-state index contributed by atoms with van der Waals surface area (Å²) in [4.78, 5) is 0. The minimum Gasteiger partial charge on any atom is -0.377 e. The number of halogens is 2.